The van der Waals surface area contributed by atoms with E-state index >= 15 is 0 Å². The van der Waals surface area contributed by atoms with Crippen molar-refractivity contribution in [2.24, 2.45) is 11.0 Å². The predicted molar refractivity (Wildman–Crippen MR) is 148 cm³/mol. The van der Waals surface area contributed by atoms with Crippen molar-refractivity contribution in [2.75, 3.05) is 11.9 Å². The SMILES string of the molecule is CCOC(=O)c1c(NC(=O)c2ccc(OC(C)C(=O)NN=Cc3ccccc3F)cc2)sc2c1CCC(C)C2. The highest BCUT2D eigenvalue weighted by atomic mass is 32.1. The first-order chi connectivity index (χ1) is 18.8. The third kappa shape index (κ3) is 6.88. The van der Waals surface area contributed by atoms with Crippen LogP contribution in [0.25, 0.3) is 0 Å². The first-order valence-corrected chi connectivity index (χ1v) is 13.6. The molecular formula is C29H30FN3O5S. The lowest BCUT2D eigenvalue weighted by molar-refractivity contribution is -0.127. The summed E-state index contributed by atoms with van der Waals surface area (Å²) in [6.07, 6.45) is 2.96. The average Bonchev–Trinajstić information content (AvgIpc) is 3.26. The Kier molecular flexibility index (Phi) is 9.08. The van der Waals surface area contributed by atoms with Crippen LogP contribution in [0.4, 0.5) is 9.39 Å². The van der Waals surface area contributed by atoms with Gasteiger partial charge in [-0.15, -0.1) is 11.3 Å². The number of nitrogens with zero attached hydrogens (tertiary/aromatic N) is 1. The van der Waals surface area contributed by atoms with E-state index in [0.717, 1.165) is 29.7 Å². The minimum absolute atomic E-state index is 0.242. The van der Waals surface area contributed by atoms with Crippen LogP contribution >= 0.6 is 11.3 Å². The lowest BCUT2D eigenvalue weighted by atomic mass is 9.88. The number of thiophene rings is 1. The third-order valence-electron chi connectivity index (χ3n) is 6.30. The number of hydrogen-bond acceptors (Lipinski definition) is 7. The van der Waals surface area contributed by atoms with Crippen LogP contribution in [-0.2, 0) is 22.4 Å². The zero-order chi connectivity index (χ0) is 27.9. The topological polar surface area (TPSA) is 106 Å². The minimum Gasteiger partial charge on any atom is -0.481 e. The molecule has 1 aromatic heterocycles. The lowest BCUT2D eigenvalue weighted by Crippen LogP contribution is -2.33. The van der Waals surface area contributed by atoms with E-state index in [9.17, 15) is 18.8 Å². The normalized spacial score (nSPS) is 15.3. The molecule has 1 heterocycles. The number of benzene rings is 2. The van der Waals surface area contributed by atoms with Crippen LogP contribution < -0.4 is 15.5 Å². The molecule has 39 heavy (non-hydrogen) atoms. The Morgan fingerprint density at radius 2 is 1.92 bits per heavy atom. The molecule has 1 aliphatic carbocycles. The third-order valence-corrected chi connectivity index (χ3v) is 7.47. The maximum Gasteiger partial charge on any atom is 0.341 e. The molecule has 204 valence electrons. The van der Waals surface area contributed by atoms with Gasteiger partial charge < -0.3 is 14.8 Å². The van der Waals surface area contributed by atoms with Crippen molar-refractivity contribution < 1.29 is 28.2 Å². The standard InChI is InChI=1S/C29H30FN3O5S/c1-4-37-29(36)25-22-14-9-17(2)15-24(22)39-28(25)32-27(35)19-10-12-21(13-11-19)38-18(3)26(34)33-31-16-20-7-5-6-8-23(20)30/h5-8,10-13,16-18H,4,9,14-15H2,1-3H3,(H,32,35)(H,33,34). The number of hydrazone groups is 1. The Bertz CT molecular complexity index is 1390. The Labute approximate surface area is 230 Å². The van der Waals surface area contributed by atoms with Gasteiger partial charge >= 0.3 is 5.97 Å². The van der Waals surface area contributed by atoms with Gasteiger partial charge in [-0.3, -0.25) is 9.59 Å². The van der Waals surface area contributed by atoms with Gasteiger partial charge in [-0.05, 0) is 74.9 Å². The summed E-state index contributed by atoms with van der Waals surface area (Å²) >= 11 is 1.43. The van der Waals surface area contributed by atoms with Crippen molar-refractivity contribution in [2.45, 2.75) is 46.1 Å². The van der Waals surface area contributed by atoms with E-state index in [1.807, 2.05) is 0 Å². The van der Waals surface area contributed by atoms with Crippen LogP contribution in [-0.4, -0.2) is 36.7 Å². The smallest absolute Gasteiger partial charge is 0.341 e. The van der Waals surface area contributed by atoms with Crippen LogP contribution in [0.5, 0.6) is 5.75 Å². The van der Waals surface area contributed by atoms with Gasteiger partial charge in [0.05, 0.1) is 18.4 Å². The summed E-state index contributed by atoms with van der Waals surface area (Å²) in [5.74, 6) is -0.868. The van der Waals surface area contributed by atoms with E-state index in [0.29, 0.717) is 27.8 Å². The zero-order valence-corrected chi connectivity index (χ0v) is 22.8. The fourth-order valence-corrected chi connectivity index (χ4v) is 5.61. The molecule has 0 saturated heterocycles. The molecule has 4 rings (SSSR count). The van der Waals surface area contributed by atoms with Gasteiger partial charge in [0, 0.05) is 16.0 Å². The van der Waals surface area contributed by atoms with E-state index in [4.69, 9.17) is 9.47 Å². The van der Waals surface area contributed by atoms with Crippen molar-refractivity contribution >= 4 is 40.3 Å². The van der Waals surface area contributed by atoms with E-state index in [-0.39, 0.29) is 18.1 Å². The molecule has 3 aromatic rings. The van der Waals surface area contributed by atoms with E-state index < -0.39 is 23.8 Å². The number of fused-ring (bicyclic) bond motifs is 1. The van der Waals surface area contributed by atoms with Gasteiger partial charge in [0.1, 0.15) is 16.6 Å². The second-order valence-corrected chi connectivity index (χ2v) is 10.4. The average molecular weight is 552 g/mol. The van der Waals surface area contributed by atoms with Crippen molar-refractivity contribution in [3.05, 3.63) is 81.5 Å². The molecule has 2 amide bonds. The summed E-state index contributed by atoms with van der Waals surface area (Å²) in [4.78, 5) is 39.1. The zero-order valence-electron chi connectivity index (χ0n) is 22.0. The summed E-state index contributed by atoms with van der Waals surface area (Å²) in [5.41, 5.74) is 4.35. The number of carbonyl (C=O) groups is 3. The number of rotatable bonds is 9. The van der Waals surface area contributed by atoms with E-state index in [2.05, 4.69) is 22.8 Å². The van der Waals surface area contributed by atoms with E-state index in [1.165, 1.54) is 29.7 Å². The summed E-state index contributed by atoms with van der Waals surface area (Å²) < 4.78 is 24.6. The number of hydrogen-bond donors (Lipinski definition) is 2. The van der Waals surface area contributed by atoms with Gasteiger partial charge in [0.15, 0.2) is 6.10 Å². The molecule has 0 bridgehead atoms. The number of nitrogens with one attached hydrogen (secondary N) is 2. The number of amides is 2. The van der Waals surface area contributed by atoms with Crippen molar-refractivity contribution in [1.82, 2.24) is 5.43 Å². The first kappa shape index (κ1) is 28.0. The monoisotopic (exact) mass is 551 g/mol. The second-order valence-electron chi connectivity index (χ2n) is 9.27. The highest BCUT2D eigenvalue weighted by molar-refractivity contribution is 7.17. The summed E-state index contributed by atoms with van der Waals surface area (Å²) in [6, 6.07) is 12.4. The molecule has 8 nitrogen and oxygen atoms in total. The minimum atomic E-state index is -0.894. The van der Waals surface area contributed by atoms with Crippen LogP contribution in [0.1, 0.15) is 63.9 Å². The van der Waals surface area contributed by atoms with Gasteiger partial charge in [-0.1, -0.05) is 25.1 Å². The Morgan fingerprint density at radius 1 is 1.18 bits per heavy atom. The maximum absolute atomic E-state index is 13.6. The molecule has 0 aliphatic heterocycles. The number of ether oxygens (including phenoxy) is 2. The number of halogens is 1. The Balaban J connectivity index is 1.38. The summed E-state index contributed by atoms with van der Waals surface area (Å²) in [5, 5.41) is 7.16. The highest BCUT2D eigenvalue weighted by Crippen LogP contribution is 2.40. The maximum atomic E-state index is 13.6. The van der Waals surface area contributed by atoms with Gasteiger partial charge in [-0.2, -0.15) is 5.10 Å². The van der Waals surface area contributed by atoms with Crippen LogP contribution in [0.3, 0.4) is 0 Å². The molecule has 0 fully saturated rings. The Morgan fingerprint density at radius 3 is 2.64 bits per heavy atom. The summed E-state index contributed by atoms with van der Waals surface area (Å²) in [6.45, 7) is 5.73. The van der Waals surface area contributed by atoms with Crippen LogP contribution in [0.2, 0.25) is 0 Å². The Hall–Kier alpha value is -4.05. The molecule has 1 aliphatic rings. The molecule has 2 aromatic carbocycles. The molecule has 0 saturated carbocycles. The van der Waals surface area contributed by atoms with Crippen molar-refractivity contribution in [3.63, 3.8) is 0 Å². The van der Waals surface area contributed by atoms with Crippen LogP contribution in [0.15, 0.2) is 53.6 Å². The van der Waals surface area contributed by atoms with Gasteiger partial charge in [0.2, 0.25) is 0 Å². The predicted octanol–water partition coefficient (Wildman–Crippen LogP) is 5.36. The quantitative estimate of drug-likeness (QED) is 0.212. The van der Waals surface area contributed by atoms with Crippen LogP contribution in [0, 0.1) is 11.7 Å². The molecule has 2 unspecified atom stereocenters. The number of carbonyl (C=O) groups excluding carboxylic acids is 3. The largest absolute Gasteiger partial charge is 0.481 e. The lowest BCUT2D eigenvalue weighted by Gasteiger charge is -2.18. The van der Waals surface area contributed by atoms with E-state index in [1.54, 1.807) is 50.2 Å². The number of anilines is 1. The van der Waals surface area contributed by atoms with Crippen molar-refractivity contribution in [1.29, 1.82) is 0 Å². The molecule has 2 N–H and O–H groups in total. The van der Waals surface area contributed by atoms with Gasteiger partial charge in [0.25, 0.3) is 11.8 Å². The fourth-order valence-electron chi connectivity index (χ4n) is 4.21. The van der Waals surface area contributed by atoms with Crippen molar-refractivity contribution in [3.8, 4) is 5.75 Å². The number of esters is 1. The highest BCUT2D eigenvalue weighted by Gasteiger charge is 2.29. The second kappa shape index (κ2) is 12.7. The fraction of sp³-hybridized carbons (Fsp3) is 0.310. The first-order valence-electron chi connectivity index (χ1n) is 12.7. The molecular weight excluding hydrogens is 521 g/mol. The molecule has 10 heteroatoms. The molecule has 0 spiro atoms. The molecule has 2 atom stereocenters. The summed E-state index contributed by atoms with van der Waals surface area (Å²) in [7, 11) is 0. The van der Waals surface area contributed by atoms with Gasteiger partial charge in [-0.25, -0.2) is 14.6 Å². The molecule has 0 radical (unpaired) electrons.